The van der Waals surface area contributed by atoms with Gasteiger partial charge in [0.25, 0.3) is 0 Å². The van der Waals surface area contributed by atoms with Gasteiger partial charge < -0.3 is 5.73 Å². The van der Waals surface area contributed by atoms with Gasteiger partial charge in [0, 0.05) is 10.9 Å². The molecule has 1 nitrogen and oxygen atoms in total. The first-order chi connectivity index (χ1) is 2.56. The Bertz CT molecular complexity index is 37.3. The van der Waals surface area contributed by atoms with E-state index in [2.05, 4.69) is 15.9 Å². The lowest BCUT2D eigenvalue weighted by Crippen LogP contribution is -2.33. The lowest BCUT2D eigenvalue weighted by atomic mass is 10.1. The van der Waals surface area contributed by atoms with E-state index in [1.165, 1.54) is 0 Å². The molecule has 2 N–H and O–H groups in total. The smallest absolute Gasteiger partial charge is 0.0207 e. The first kappa shape index (κ1) is 6.44. The lowest BCUT2D eigenvalue weighted by molar-refractivity contribution is 0.595. The Morgan fingerprint density at radius 1 is 1.67 bits per heavy atom. The normalized spacial score (nSPS) is 12.0. The highest BCUT2D eigenvalue weighted by molar-refractivity contribution is 9.09. The standard InChI is InChI=1S/C4H10BrN/c1-4(2,6)3-5/h3,6H2,1-2H3. The Labute approximate surface area is 47.0 Å². The molecule has 0 amide bonds. The van der Waals surface area contributed by atoms with Gasteiger partial charge in [0.1, 0.15) is 0 Å². The average molecular weight is 152 g/mol. The van der Waals surface area contributed by atoms with E-state index >= 15 is 0 Å². The highest BCUT2D eigenvalue weighted by Crippen LogP contribution is 1.98. The van der Waals surface area contributed by atoms with Crippen LogP contribution in [0.3, 0.4) is 0 Å². The Balaban J connectivity index is 3.17. The summed E-state index contributed by atoms with van der Waals surface area (Å²) in [7, 11) is 0. The predicted molar refractivity (Wildman–Crippen MR) is 32.1 cm³/mol. The topological polar surface area (TPSA) is 26.0 Å². The van der Waals surface area contributed by atoms with Crippen molar-refractivity contribution in [3.63, 3.8) is 0 Å². The van der Waals surface area contributed by atoms with Crippen molar-refractivity contribution in [1.29, 1.82) is 0 Å². The third-order valence-corrected chi connectivity index (χ3v) is 1.79. The van der Waals surface area contributed by atoms with Crippen LogP contribution >= 0.6 is 15.9 Å². The van der Waals surface area contributed by atoms with Crippen LogP contribution in [0.15, 0.2) is 0 Å². The minimum atomic E-state index is -0.0417. The van der Waals surface area contributed by atoms with Gasteiger partial charge in [-0.2, -0.15) is 0 Å². The van der Waals surface area contributed by atoms with Crippen LogP contribution in [0.4, 0.5) is 0 Å². The molecule has 0 saturated heterocycles. The number of rotatable bonds is 1. The number of hydrogen-bond acceptors (Lipinski definition) is 1. The maximum atomic E-state index is 5.49. The summed E-state index contributed by atoms with van der Waals surface area (Å²) in [6.45, 7) is 3.95. The summed E-state index contributed by atoms with van der Waals surface area (Å²) in [5.41, 5.74) is 5.45. The van der Waals surface area contributed by atoms with Crippen LogP contribution in [-0.4, -0.2) is 10.9 Å². The zero-order chi connectivity index (χ0) is 5.21. The van der Waals surface area contributed by atoms with Gasteiger partial charge in [-0.3, -0.25) is 0 Å². The molecule has 0 rings (SSSR count). The molecule has 0 saturated carbocycles. The van der Waals surface area contributed by atoms with Crippen molar-refractivity contribution >= 4 is 15.9 Å². The summed E-state index contributed by atoms with van der Waals surface area (Å²) in [6, 6.07) is 0. The van der Waals surface area contributed by atoms with Crippen molar-refractivity contribution in [1.82, 2.24) is 0 Å². The molecular weight excluding hydrogens is 142 g/mol. The summed E-state index contributed by atoms with van der Waals surface area (Å²) < 4.78 is 0. The fraction of sp³-hybridized carbons (Fsp3) is 1.00. The summed E-state index contributed by atoms with van der Waals surface area (Å²) >= 11 is 3.24. The molecule has 0 bridgehead atoms. The van der Waals surface area contributed by atoms with Crippen LogP contribution in [0.25, 0.3) is 0 Å². The minimum Gasteiger partial charge on any atom is -0.325 e. The van der Waals surface area contributed by atoms with E-state index in [1.54, 1.807) is 0 Å². The number of alkyl halides is 1. The van der Waals surface area contributed by atoms with Crippen LogP contribution in [0.1, 0.15) is 13.8 Å². The van der Waals surface area contributed by atoms with E-state index in [0.29, 0.717) is 0 Å². The zero-order valence-corrected chi connectivity index (χ0v) is 5.75. The van der Waals surface area contributed by atoms with Gasteiger partial charge in [0.05, 0.1) is 0 Å². The summed E-state index contributed by atoms with van der Waals surface area (Å²) in [4.78, 5) is 0. The molecule has 0 aliphatic carbocycles. The maximum Gasteiger partial charge on any atom is 0.0207 e. The van der Waals surface area contributed by atoms with Crippen LogP contribution in [-0.2, 0) is 0 Å². The second kappa shape index (κ2) is 1.94. The molecule has 0 spiro atoms. The van der Waals surface area contributed by atoms with Crippen molar-refractivity contribution in [2.75, 3.05) is 5.33 Å². The fourth-order valence-corrected chi connectivity index (χ4v) is 0. The highest BCUT2D eigenvalue weighted by Gasteiger charge is 2.04. The first-order valence-corrected chi connectivity index (χ1v) is 3.03. The van der Waals surface area contributed by atoms with Gasteiger partial charge in [0.15, 0.2) is 0 Å². The molecule has 2 heteroatoms. The monoisotopic (exact) mass is 151 g/mol. The van der Waals surface area contributed by atoms with Crippen LogP contribution in [0, 0.1) is 0 Å². The second-order valence-corrected chi connectivity index (χ2v) is 2.68. The molecule has 0 aliphatic rings. The Hall–Kier alpha value is 0.440. The number of halogens is 1. The van der Waals surface area contributed by atoms with Gasteiger partial charge in [-0.25, -0.2) is 0 Å². The predicted octanol–water partition coefficient (Wildman–Crippen LogP) is 1.12. The van der Waals surface area contributed by atoms with Gasteiger partial charge in [0.2, 0.25) is 0 Å². The van der Waals surface area contributed by atoms with E-state index in [9.17, 15) is 0 Å². The van der Waals surface area contributed by atoms with E-state index in [4.69, 9.17) is 5.73 Å². The van der Waals surface area contributed by atoms with Crippen molar-refractivity contribution in [2.24, 2.45) is 5.73 Å². The van der Waals surface area contributed by atoms with Crippen molar-refractivity contribution < 1.29 is 0 Å². The fourth-order valence-electron chi connectivity index (χ4n) is 0. The molecule has 6 heavy (non-hydrogen) atoms. The molecular formula is C4H10BrN. The molecule has 0 aromatic heterocycles. The van der Waals surface area contributed by atoms with E-state index in [-0.39, 0.29) is 5.54 Å². The number of nitrogens with two attached hydrogens (primary N) is 1. The molecule has 0 heterocycles. The van der Waals surface area contributed by atoms with E-state index in [0.717, 1.165) is 5.33 Å². The van der Waals surface area contributed by atoms with E-state index < -0.39 is 0 Å². The summed E-state index contributed by atoms with van der Waals surface area (Å²) in [5, 5.41) is 0.861. The third-order valence-electron chi connectivity index (χ3n) is 0.344. The average Bonchev–Trinajstić information content (AvgIpc) is 1.35. The molecule has 0 aromatic carbocycles. The molecule has 0 unspecified atom stereocenters. The van der Waals surface area contributed by atoms with Crippen LogP contribution in [0.5, 0.6) is 0 Å². The van der Waals surface area contributed by atoms with Crippen LogP contribution < -0.4 is 5.73 Å². The van der Waals surface area contributed by atoms with Gasteiger partial charge in [-0.15, -0.1) is 0 Å². The summed E-state index contributed by atoms with van der Waals surface area (Å²) in [5.74, 6) is 0. The minimum absolute atomic E-state index is 0.0417. The van der Waals surface area contributed by atoms with Gasteiger partial charge >= 0.3 is 0 Å². The Morgan fingerprint density at radius 3 is 1.83 bits per heavy atom. The maximum absolute atomic E-state index is 5.49. The Morgan fingerprint density at radius 2 is 1.83 bits per heavy atom. The largest absolute Gasteiger partial charge is 0.325 e. The van der Waals surface area contributed by atoms with Gasteiger partial charge in [-0.05, 0) is 13.8 Å². The van der Waals surface area contributed by atoms with Crippen molar-refractivity contribution in [2.45, 2.75) is 19.4 Å². The molecule has 0 aliphatic heterocycles. The second-order valence-electron chi connectivity index (χ2n) is 2.12. The van der Waals surface area contributed by atoms with Gasteiger partial charge in [-0.1, -0.05) is 15.9 Å². The Kier molecular flexibility index (Phi) is 2.08. The van der Waals surface area contributed by atoms with Crippen LogP contribution in [0.2, 0.25) is 0 Å². The molecule has 38 valence electrons. The quantitative estimate of drug-likeness (QED) is 0.559. The SMILES string of the molecule is CC(C)(N)CBr. The zero-order valence-electron chi connectivity index (χ0n) is 4.16. The first-order valence-electron chi connectivity index (χ1n) is 1.91. The highest BCUT2D eigenvalue weighted by atomic mass is 79.9. The lowest BCUT2D eigenvalue weighted by Gasteiger charge is -2.11. The van der Waals surface area contributed by atoms with Crippen molar-refractivity contribution in [3.05, 3.63) is 0 Å². The molecule has 0 aromatic rings. The molecule has 0 atom stereocenters. The summed E-state index contributed by atoms with van der Waals surface area (Å²) in [6.07, 6.45) is 0. The van der Waals surface area contributed by atoms with Crippen molar-refractivity contribution in [3.8, 4) is 0 Å². The molecule has 0 fully saturated rings. The molecule has 0 radical (unpaired) electrons. The van der Waals surface area contributed by atoms with E-state index in [1.807, 2.05) is 13.8 Å². The third kappa shape index (κ3) is 4.44. The number of hydrogen-bond donors (Lipinski definition) is 1.